The van der Waals surface area contributed by atoms with E-state index in [2.05, 4.69) is 20.4 Å². The molecule has 3 N–H and O–H groups in total. The Balaban J connectivity index is 0.00000145. The molecule has 3 aliphatic rings. The van der Waals surface area contributed by atoms with Crippen LogP contribution in [-0.2, 0) is 22.9 Å². The van der Waals surface area contributed by atoms with Crippen molar-refractivity contribution in [1.29, 1.82) is 0 Å². The number of amides is 2. The number of carbonyl (C=O) groups is 2. The molecule has 56 heavy (non-hydrogen) atoms. The number of aromatic hydroxyl groups is 1. The number of hydrogen-bond donors (Lipinski definition) is 3. The zero-order valence-corrected chi connectivity index (χ0v) is 33.4. The monoisotopic (exact) mass is 803 g/mol. The van der Waals surface area contributed by atoms with Gasteiger partial charge in [-0.1, -0.05) is 46.2 Å². The molecule has 1 atom stereocenters. The summed E-state index contributed by atoms with van der Waals surface area (Å²) in [4.78, 5) is 57.6. The van der Waals surface area contributed by atoms with Crippen LogP contribution in [0.3, 0.4) is 0 Å². The summed E-state index contributed by atoms with van der Waals surface area (Å²) in [6.07, 6.45) is -1.10. The number of alkyl halides is 3. The third-order valence-corrected chi connectivity index (χ3v) is 11.0. The molecule has 0 bridgehead atoms. The fourth-order valence-electron chi connectivity index (χ4n) is 7.83. The first-order valence-corrected chi connectivity index (χ1v) is 19.3. The summed E-state index contributed by atoms with van der Waals surface area (Å²) in [5, 5.41) is 27.9. The number of rotatable bonds is 5. The predicted octanol–water partition coefficient (Wildman–Crippen LogP) is 6.09. The lowest BCUT2D eigenvalue weighted by atomic mass is 9.73. The van der Waals surface area contributed by atoms with E-state index in [1.807, 2.05) is 39.5 Å². The van der Waals surface area contributed by atoms with Gasteiger partial charge in [-0.25, -0.2) is 9.97 Å². The number of aryl methyl sites for hydroxylation is 1. The number of halogens is 4. The van der Waals surface area contributed by atoms with Gasteiger partial charge in [-0.15, -0.1) is 5.10 Å². The Hall–Kier alpha value is -4.77. The second-order valence-electron chi connectivity index (χ2n) is 14.3. The molecular formula is C38H49ClF3N9O5. The van der Waals surface area contributed by atoms with Crippen molar-refractivity contribution in [2.75, 3.05) is 36.4 Å². The minimum absolute atomic E-state index is 0.0117. The average Bonchev–Trinajstić information content (AvgIpc) is 3.73. The van der Waals surface area contributed by atoms with E-state index in [0.717, 1.165) is 18.2 Å². The van der Waals surface area contributed by atoms with Gasteiger partial charge in [0.1, 0.15) is 12.9 Å². The Kier molecular flexibility index (Phi) is 12.4. The molecule has 0 saturated carbocycles. The second kappa shape index (κ2) is 16.4. The molecule has 2 fully saturated rings. The zero-order chi connectivity index (χ0) is 41.3. The Morgan fingerprint density at radius 3 is 2.29 bits per heavy atom. The first-order valence-electron chi connectivity index (χ1n) is 19.0. The van der Waals surface area contributed by atoms with Crippen LogP contribution in [0.25, 0.3) is 5.78 Å². The van der Waals surface area contributed by atoms with E-state index >= 15 is 0 Å². The Labute approximate surface area is 327 Å². The number of aliphatic hydroxyl groups is 1. The molecule has 0 radical (unpaired) electrons. The molecule has 1 aromatic carbocycles. The van der Waals surface area contributed by atoms with Gasteiger partial charge in [-0.2, -0.15) is 22.7 Å². The van der Waals surface area contributed by atoms with Gasteiger partial charge in [0, 0.05) is 42.9 Å². The largest absolute Gasteiger partial charge is 0.504 e. The Morgan fingerprint density at radius 2 is 1.68 bits per heavy atom. The van der Waals surface area contributed by atoms with Crippen molar-refractivity contribution < 1.29 is 33.0 Å². The molecule has 18 heteroatoms. The first-order chi connectivity index (χ1) is 26.5. The lowest BCUT2D eigenvalue weighted by Crippen LogP contribution is -2.46. The maximum Gasteiger partial charge on any atom is 0.416 e. The summed E-state index contributed by atoms with van der Waals surface area (Å²) >= 11 is 6.15. The number of piperidine rings is 2. The van der Waals surface area contributed by atoms with Crippen LogP contribution in [0.5, 0.6) is 5.75 Å². The SMILES string of the molecule is CC.CC.Cc1ncnc(C(=O)N2CCC3(CC2)CC(C)c2c3c(=O)n3nc(N4CCC(C)(O)CC4)nc3n2CC(=O)Nc2ccc(C(F)(F)F)cc2Cl)c1O. The third kappa shape index (κ3) is 8.06. The molecular weight excluding hydrogens is 755 g/mol. The number of aromatic nitrogens is 6. The lowest BCUT2D eigenvalue weighted by molar-refractivity contribution is -0.137. The van der Waals surface area contributed by atoms with Crippen LogP contribution in [-0.4, -0.2) is 87.8 Å². The van der Waals surface area contributed by atoms with Gasteiger partial charge in [0.05, 0.1) is 27.6 Å². The van der Waals surface area contributed by atoms with Gasteiger partial charge >= 0.3 is 6.18 Å². The van der Waals surface area contributed by atoms with Crippen molar-refractivity contribution in [2.45, 2.75) is 110 Å². The van der Waals surface area contributed by atoms with Crippen LogP contribution in [0.4, 0.5) is 24.8 Å². The van der Waals surface area contributed by atoms with Gasteiger partial charge in [0.2, 0.25) is 17.6 Å². The van der Waals surface area contributed by atoms with Crippen LogP contribution in [0, 0.1) is 6.92 Å². The molecule has 14 nitrogen and oxygen atoms in total. The van der Waals surface area contributed by atoms with E-state index in [4.69, 9.17) is 16.6 Å². The average molecular weight is 804 g/mol. The Morgan fingerprint density at radius 1 is 1.04 bits per heavy atom. The van der Waals surface area contributed by atoms with E-state index in [1.165, 1.54) is 10.8 Å². The quantitative estimate of drug-likeness (QED) is 0.215. The number of benzene rings is 1. The number of anilines is 2. The molecule has 1 unspecified atom stereocenters. The summed E-state index contributed by atoms with van der Waals surface area (Å²) in [6.45, 7) is 14.4. The number of nitrogens with one attached hydrogen (secondary N) is 1. The smallest absolute Gasteiger partial charge is 0.416 e. The molecule has 2 amide bonds. The summed E-state index contributed by atoms with van der Waals surface area (Å²) < 4.78 is 42.6. The molecule has 2 saturated heterocycles. The third-order valence-electron chi connectivity index (χ3n) is 10.7. The number of fused-ring (bicyclic) bond motifs is 3. The number of likely N-dealkylation sites (tertiary alicyclic amines) is 1. The van der Waals surface area contributed by atoms with Crippen LogP contribution in [0.1, 0.15) is 113 Å². The van der Waals surface area contributed by atoms with Crippen molar-refractivity contribution in [3.8, 4) is 5.75 Å². The van der Waals surface area contributed by atoms with Gasteiger partial charge in [-0.05, 0) is 70.1 Å². The topological polar surface area (TPSA) is 171 Å². The van der Waals surface area contributed by atoms with Gasteiger partial charge in [0.15, 0.2) is 11.4 Å². The molecule has 3 aromatic heterocycles. The van der Waals surface area contributed by atoms with Crippen molar-refractivity contribution in [2.24, 2.45) is 0 Å². The van der Waals surface area contributed by atoms with Crippen LogP contribution in [0.15, 0.2) is 29.3 Å². The van der Waals surface area contributed by atoms with Gasteiger partial charge in [0.25, 0.3) is 11.5 Å². The minimum atomic E-state index is -4.62. The summed E-state index contributed by atoms with van der Waals surface area (Å²) in [5.41, 5.74) is -1.63. The van der Waals surface area contributed by atoms with Crippen molar-refractivity contribution in [3.63, 3.8) is 0 Å². The standard InChI is InChI=1S/C34H37ClF3N9O5.2C2H6/c1-18-15-33(8-12-44(13-9-33)29(51)25-27(49)19(2)39-17-40-25)24-26(18)46(16-23(48)41-22-5-4-20(14-21(22)35)34(36,37)38)31-42-30(43-47(31)28(24)50)45-10-6-32(3,52)7-11-45;2*1-2/h4-5,14,17-18,49,52H,6-13,15-16H2,1-3H3,(H,41,48);2*1-2H3. The summed E-state index contributed by atoms with van der Waals surface area (Å²) in [5.74, 6) is -1.18. The highest BCUT2D eigenvalue weighted by Crippen LogP contribution is 2.50. The van der Waals surface area contributed by atoms with Crippen molar-refractivity contribution in [3.05, 3.63) is 68.1 Å². The lowest BCUT2D eigenvalue weighted by Gasteiger charge is -2.39. The van der Waals surface area contributed by atoms with E-state index in [-0.39, 0.29) is 70.7 Å². The molecule has 304 valence electrons. The molecule has 7 rings (SSSR count). The molecule has 2 aliphatic heterocycles. The van der Waals surface area contributed by atoms with Gasteiger partial charge in [-0.3, -0.25) is 14.4 Å². The van der Waals surface area contributed by atoms with Crippen LogP contribution in [0.2, 0.25) is 5.02 Å². The summed E-state index contributed by atoms with van der Waals surface area (Å²) in [6, 6.07) is 2.65. The first kappa shape index (κ1) is 42.4. The molecule has 5 heterocycles. The highest BCUT2D eigenvalue weighted by molar-refractivity contribution is 6.33. The Bertz CT molecular complexity index is 2150. The second-order valence-corrected chi connectivity index (χ2v) is 14.7. The molecule has 1 spiro atoms. The zero-order valence-electron chi connectivity index (χ0n) is 32.7. The molecule has 1 aliphatic carbocycles. The van der Waals surface area contributed by atoms with E-state index in [0.29, 0.717) is 56.5 Å². The van der Waals surface area contributed by atoms with Gasteiger partial charge < -0.3 is 29.9 Å². The van der Waals surface area contributed by atoms with Crippen LogP contribution >= 0.6 is 11.6 Å². The van der Waals surface area contributed by atoms with E-state index in [1.54, 1.807) is 23.3 Å². The van der Waals surface area contributed by atoms with E-state index in [9.17, 15) is 37.8 Å². The highest BCUT2D eigenvalue weighted by atomic mass is 35.5. The van der Waals surface area contributed by atoms with E-state index < -0.39 is 34.6 Å². The number of nitrogens with zero attached hydrogens (tertiary/aromatic N) is 8. The summed E-state index contributed by atoms with van der Waals surface area (Å²) in [7, 11) is 0. The van der Waals surface area contributed by atoms with Crippen molar-refractivity contribution >= 4 is 40.8 Å². The number of carbonyl (C=O) groups excluding carboxylic acids is 2. The van der Waals surface area contributed by atoms with Crippen molar-refractivity contribution in [1.82, 2.24) is 34.0 Å². The maximum absolute atomic E-state index is 14.5. The number of hydrogen-bond acceptors (Lipinski definition) is 10. The fraction of sp³-hybridized carbons (Fsp3) is 0.553. The predicted molar refractivity (Wildman–Crippen MR) is 205 cm³/mol. The maximum atomic E-state index is 14.5. The minimum Gasteiger partial charge on any atom is -0.504 e. The van der Waals surface area contributed by atoms with Crippen LogP contribution < -0.4 is 15.8 Å². The highest BCUT2D eigenvalue weighted by Gasteiger charge is 2.49. The fourth-order valence-corrected chi connectivity index (χ4v) is 8.06. The normalized spacial score (nSPS) is 18.5. The molecule has 4 aromatic rings.